The van der Waals surface area contributed by atoms with Gasteiger partial charge in [-0.15, -0.1) is 0 Å². The smallest absolute Gasteiger partial charge is 0.416 e. The summed E-state index contributed by atoms with van der Waals surface area (Å²) in [5, 5.41) is 18.5. The highest BCUT2D eigenvalue weighted by Crippen LogP contribution is 2.38. The van der Waals surface area contributed by atoms with Gasteiger partial charge >= 0.3 is 18.1 Å². The fourth-order valence-corrected chi connectivity index (χ4v) is 2.91. The summed E-state index contributed by atoms with van der Waals surface area (Å²) in [5.41, 5.74) is -1.03. The van der Waals surface area contributed by atoms with E-state index in [1.165, 1.54) is 0 Å². The van der Waals surface area contributed by atoms with Crippen LogP contribution in [0.3, 0.4) is 0 Å². The molecule has 2 N–H and O–H groups in total. The van der Waals surface area contributed by atoms with Crippen molar-refractivity contribution in [3.8, 4) is 0 Å². The standard InChI is InChI=1S/C19H15F3O5/c20-19(21,22)12-6-7-14(16(17(24)25)18(26)27)15(10-12)13(8-9-23)11-4-2-1-3-5-11/h1-7,9-10,13,16H,8H2,(H,24,25)(H,26,27). The zero-order valence-electron chi connectivity index (χ0n) is 13.8. The van der Waals surface area contributed by atoms with Gasteiger partial charge in [-0.3, -0.25) is 9.59 Å². The molecular weight excluding hydrogens is 365 g/mol. The van der Waals surface area contributed by atoms with Gasteiger partial charge in [0.15, 0.2) is 5.92 Å². The normalized spacial score (nSPS) is 12.6. The average Bonchev–Trinajstić information content (AvgIpc) is 2.59. The van der Waals surface area contributed by atoms with Crippen molar-refractivity contribution < 1.29 is 37.8 Å². The van der Waals surface area contributed by atoms with Crippen LogP contribution < -0.4 is 0 Å². The highest BCUT2D eigenvalue weighted by atomic mass is 19.4. The van der Waals surface area contributed by atoms with Gasteiger partial charge in [-0.25, -0.2) is 0 Å². The van der Waals surface area contributed by atoms with Crippen LogP contribution in [0.2, 0.25) is 0 Å². The van der Waals surface area contributed by atoms with E-state index in [0.29, 0.717) is 17.9 Å². The van der Waals surface area contributed by atoms with Crippen molar-refractivity contribution in [1.82, 2.24) is 0 Å². The highest BCUT2D eigenvalue weighted by molar-refractivity contribution is 5.99. The number of benzene rings is 2. The Morgan fingerprint density at radius 2 is 1.56 bits per heavy atom. The molecule has 2 rings (SSSR count). The van der Waals surface area contributed by atoms with Crippen molar-refractivity contribution in [1.29, 1.82) is 0 Å². The Morgan fingerprint density at radius 1 is 0.963 bits per heavy atom. The van der Waals surface area contributed by atoms with Gasteiger partial charge in [-0.05, 0) is 28.8 Å². The molecule has 8 heteroatoms. The van der Waals surface area contributed by atoms with Crippen LogP contribution in [-0.2, 0) is 20.6 Å². The molecule has 0 radical (unpaired) electrons. The monoisotopic (exact) mass is 380 g/mol. The molecule has 0 aromatic heterocycles. The first kappa shape index (κ1) is 20.2. The van der Waals surface area contributed by atoms with E-state index in [4.69, 9.17) is 0 Å². The highest BCUT2D eigenvalue weighted by Gasteiger charge is 2.36. The van der Waals surface area contributed by atoms with Gasteiger partial charge in [0.2, 0.25) is 0 Å². The van der Waals surface area contributed by atoms with E-state index in [1.807, 2.05) is 0 Å². The zero-order valence-corrected chi connectivity index (χ0v) is 13.8. The average molecular weight is 380 g/mol. The number of hydrogen-bond acceptors (Lipinski definition) is 3. The Labute approximate surface area is 152 Å². The topological polar surface area (TPSA) is 91.7 Å². The third-order valence-corrected chi connectivity index (χ3v) is 4.13. The van der Waals surface area contributed by atoms with Gasteiger partial charge in [0.05, 0.1) is 5.56 Å². The molecule has 0 aliphatic heterocycles. The number of aliphatic carboxylic acids is 2. The van der Waals surface area contributed by atoms with Gasteiger partial charge in [0, 0.05) is 12.3 Å². The van der Waals surface area contributed by atoms with Crippen LogP contribution in [0, 0.1) is 0 Å². The first-order valence-corrected chi connectivity index (χ1v) is 7.82. The van der Waals surface area contributed by atoms with Crippen LogP contribution in [0.25, 0.3) is 0 Å². The lowest BCUT2D eigenvalue weighted by Gasteiger charge is -2.23. The molecule has 0 saturated heterocycles. The molecule has 0 saturated carbocycles. The van der Waals surface area contributed by atoms with E-state index in [2.05, 4.69) is 0 Å². The van der Waals surface area contributed by atoms with Crippen LogP contribution in [0.4, 0.5) is 13.2 Å². The number of hydrogen-bond donors (Lipinski definition) is 2. The van der Waals surface area contributed by atoms with Gasteiger partial charge in [-0.2, -0.15) is 13.2 Å². The van der Waals surface area contributed by atoms with E-state index in [0.717, 1.165) is 12.1 Å². The van der Waals surface area contributed by atoms with E-state index >= 15 is 0 Å². The minimum atomic E-state index is -4.71. The van der Waals surface area contributed by atoms with Gasteiger partial charge in [0.1, 0.15) is 6.29 Å². The summed E-state index contributed by atoms with van der Waals surface area (Å²) in [6, 6.07) is 10.3. The van der Waals surface area contributed by atoms with Crippen molar-refractivity contribution in [2.24, 2.45) is 0 Å². The fourth-order valence-electron chi connectivity index (χ4n) is 2.91. The summed E-state index contributed by atoms with van der Waals surface area (Å²) in [6.07, 6.45) is -4.44. The third-order valence-electron chi connectivity index (χ3n) is 4.13. The summed E-state index contributed by atoms with van der Waals surface area (Å²) in [5.74, 6) is -6.38. The lowest BCUT2D eigenvalue weighted by Crippen LogP contribution is -2.24. The zero-order chi connectivity index (χ0) is 20.2. The summed E-state index contributed by atoms with van der Waals surface area (Å²) in [4.78, 5) is 34.0. The number of halogens is 3. The fraction of sp³-hybridized carbons (Fsp3) is 0.211. The summed E-state index contributed by atoms with van der Waals surface area (Å²) < 4.78 is 39.5. The maximum atomic E-state index is 13.2. The van der Waals surface area contributed by atoms with Gasteiger partial charge in [-0.1, -0.05) is 36.4 Å². The van der Waals surface area contributed by atoms with Crippen molar-refractivity contribution >= 4 is 18.2 Å². The van der Waals surface area contributed by atoms with Crippen LogP contribution in [0.5, 0.6) is 0 Å². The number of carbonyl (C=O) groups is 3. The van der Waals surface area contributed by atoms with Crippen LogP contribution in [-0.4, -0.2) is 28.4 Å². The molecule has 0 aliphatic rings. The molecule has 5 nitrogen and oxygen atoms in total. The second-order valence-corrected chi connectivity index (χ2v) is 5.82. The Balaban J connectivity index is 2.76. The van der Waals surface area contributed by atoms with Crippen molar-refractivity contribution in [3.05, 3.63) is 70.8 Å². The molecule has 0 amide bonds. The number of aldehydes is 1. The molecule has 0 bridgehead atoms. The number of carboxylic acids is 2. The van der Waals surface area contributed by atoms with Crippen molar-refractivity contribution in [3.63, 3.8) is 0 Å². The van der Waals surface area contributed by atoms with E-state index in [1.54, 1.807) is 30.3 Å². The van der Waals surface area contributed by atoms with Crippen molar-refractivity contribution in [2.75, 3.05) is 0 Å². The molecule has 0 heterocycles. The van der Waals surface area contributed by atoms with Gasteiger partial charge < -0.3 is 15.0 Å². The third kappa shape index (κ3) is 4.52. The molecule has 1 atom stereocenters. The lowest BCUT2D eigenvalue weighted by atomic mass is 9.81. The molecule has 0 aliphatic carbocycles. The number of carboxylic acid groups (broad SMARTS) is 2. The minimum absolute atomic E-state index is 0.155. The van der Waals surface area contributed by atoms with E-state index in [-0.39, 0.29) is 17.5 Å². The Bertz CT molecular complexity index is 832. The quantitative estimate of drug-likeness (QED) is 0.565. The maximum Gasteiger partial charge on any atom is 0.416 e. The summed E-state index contributed by atoms with van der Waals surface area (Å²) in [7, 11) is 0. The maximum absolute atomic E-state index is 13.2. The molecule has 27 heavy (non-hydrogen) atoms. The molecule has 2 aromatic rings. The van der Waals surface area contributed by atoms with Crippen LogP contribution in [0.1, 0.15) is 40.5 Å². The minimum Gasteiger partial charge on any atom is -0.480 e. The summed E-state index contributed by atoms with van der Waals surface area (Å²) in [6.45, 7) is 0. The van der Waals surface area contributed by atoms with E-state index < -0.39 is 35.5 Å². The number of rotatable bonds is 7. The SMILES string of the molecule is O=CCC(c1ccccc1)c1cc(C(F)(F)F)ccc1C(C(=O)O)C(=O)O. The molecule has 0 spiro atoms. The lowest BCUT2D eigenvalue weighted by molar-refractivity contribution is -0.150. The first-order chi connectivity index (χ1) is 12.7. The van der Waals surface area contributed by atoms with Crippen molar-refractivity contribution in [2.45, 2.75) is 24.4 Å². The molecular formula is C19H15F3O5. The van der Waals surface area contributed by atoms with Crippen LogP contribution >= 0.6 is 0 Å². The second kappa shape index (κ2) is 8.03. The predicted octanol–water partition coefficient (Wildman–Crippen LogP) is 3.68. The summed E-state index contributed by atoms with van der Waals surface area (Å²) >= 11 is 0. The van der Waals surface area contributed by atoms with Crippen LogP contribution in [0.15, 0.2) is 48.5 Å². The van der Waals surface area contributed by atoms with Gasteiger partial charge in [0.25, 0.3) is 0 Å². The Kier molecular flexibility index (Phi) is 5.99. The predicted molar refractivity (Wildman–Crippen MR) is 88.4 cm³/mol. The largest absolute Gasteiger partial charge is 0.480 e. The number of alkyl halides is 3. The molecule has 1 unspecified atom stereocenters. The second-order valence-electron chi connectivity index (χ2n) is 5.82. The first-order valence-electron chi connectivity index (χ1n) is 7.82. The molecule has 2 aromatic carbocycles. The Hall–Kier alpha value is -3.16. The van der Waals surface area contributed by atoms with E-state index in [9.17, 15) is 37.8 Å². The number of carbonyl (C=O) groups excluding carboxylic acids is 1. The molecule has 0 fully saturated rings. The molecule has 142 valence electrons. The Morgan fingerprint density at radius 3 is 2.04 bits per heavy atom.